The molecule has 4 heterocycles. The molecule has 8 nitrogen and oxygen atoms in total. The molecule has 1 saturated heterocycles. The number of aryl methyl sites for hydroxylation is 2. The summed E-state index contributed by atoms with van der Waals surface area (Å²) in [5, 5.41) is 3.86. The van der Waals surface area contributed by atoms with E-state index >= 15 is 0 Å². The van der Waals surface area contributed by atoms with Gasteiger partial charge < -0.3 is 14.3 Å². The topological polar surface area (TPSA) is 87.7 Å². The van der Waals surface area contributed by atoms with Crippen LogP contribution in [0.4, 0.5) is 5.82 Å². The van der Waals surface area contributed by atoms with Crippen molar-refractivity contribution >= 4 is 35.1 Å². The van der Waals surface area contributed by atoms with E-state index in [4.69, 9.17) is 26.1 Å². The average Bonchev–Trinajstić information content (AvgIpc) is 3.30. The molecular formula is C26H27ClN6O2. The van der Waals surface area contributed by atoms with Gasteiger partial charge in [-0.15, -0.1) is 11.6 Å². The number of allylic oxidation sites excluding steroid dienone is 1. The lowest BCUT2D eigenvalue weighted by Crippen LogP contribution is -2.49. The standard InChI is InChI=1S/C26H27ClN6O2/c1-17-4-6-19(7-5-17)23-24(20-8-9-28-16-26(20,3)27)30-22(15-29-23)32-10-12-33(13-11-32)25(34)21-14-18(2)35-31-21/h4-9,14-15H,10-13,16H2,1-3H3. The molecule has 35 heavy (non-hydrogen) atoms. The lowest BCUT2D eigenvalue weighted by atomic mass is 9.92. The molecular weight excluding hydrogens is 464 g/mol. The van der Waals surface area contributed by atoms with E-state index in [1.54, 1.807) is 30.3 Å². The molecule has 0 spiro atoms. The van der Waals surface area contributed by atoms with Crippen LogP contribution >= 0.6 is 11.6 Å². The summed E-state index contributed by atoms with van der Waals surface area (Å²) in [6.45, 7) is 8.66. The molecule has 1 fully saturated rings. The SMILES string of the molecule is Cc1ccc(-c2ncc(N3CCN(C(=O)c4cc(C)on4)CC3)nc2C2=CC=NCC2(C)Cl)cc1. The van der Waals surface area contributed by atoms with E-state index in [-0.39, 0.29) is 5.91 Å². The van der Waals surface area contributed by atoms with Crippen LogP contribution in [0.1, 0.15) is 34.4 Å². The van der Waals surface area contributed by atoms with E-state index in [2.05, 4.69) is 46.2 Å². The van der Waals surface area contributed by atoms with Crippen molar-refractivity contribution in [3.8, 4) is 11.3 Å². The van der Waals surface area contributed by atoms with Crippen molar-refractivity contribution in [1.82, 2.24) is 20.0 Å². The number of halogens is 1. The summed E-state index contributed by atoms with van der Waals surface area (Å²) in [5.41, 5.74) is 4.95. The molecule has 0 saturated carbocycles. The summed E-state index contributed by atoms with van der Waals surface area (Å²) in [6.07, 6.45) is 5.52. The van der Waals surface area contributed by atoms with Gasteiger partial charge in [0.2, 0.25) is 0 Å². The highest BCUT2D eigenvalue weighted by Crippen LogP contribution is 2.38. The van der Waals surface area contributed by atoms with Gasteiger partial charge in [0.25, 0.3) is 5.91 Å². The number of nitrogens with zero attached hydrogens (tertiary/aromatic N) is 6. The van der Waals surface area contributed by atoms with Gasteiger partial charge in [0.15, 0.2) is 5.69 Å². The maximum absolute atomic E-state index is 12.7. The predicted molar refractivity (Wildman–Crippen MR) is 137 cm³/mol. The smallest absolute Gasteiger partial charge is 0.276 e. The molecule has 1 atom stereocenters. The molecule has 1 amide bonds. The van der Waals surface area contributed by atoms with Gasteiger partial charge in [-0.1, -0.05) is 35.0 Å². The highest BCUT2D eigenvalue weighted by atomic mass is 35.5. The van der Waals surface area contributed by atoms with E-state index in [0.29, 0.717) is 44.2 Å². The zero-order valence-electron chi connectivity index (χ0n) is 20.0. The fourth-order valence-corrected chi connectivity index (χ4v) is 4.57. The van der Waals surface area contributed by atoms with Crippen molar-refractivity contribution in [2.45, 2.75) is 25.6 Å². The van der Waals surface area contributed by atoms with Crippen LogP contribution in [-0.2, 0) is 0 Å². The molecule has 1 aromatic carbocycles. The Kier molecular flexibility index (Phi) is 6.15. The van der Waals surface area contributed by atoms with Gasteiger partial charge in [0, 0.05) is 49.6 Å². The van der Waals surface area contributed by atoms with Crippen molar-refractivity contribution in [2.24, 2.45) is 4.99 Å². The number of rotatable bonds is 4. The third-order valence-corrected chi connectivity index (χ3v) is 6.70. The van der Waals surface area contributed by atoms with Crippen molar-refractivity contribution in [1.29, 1.82) is 0 Å². The Hall–Kier alpha value is -3.52. The lowest BCUT2D eigenvalue weighted by Gasteiger charge is -2.35. The number of anilines is 1. The monoisotopic (exact) mass is 490 g/mol. The summed E-state index contributed by atoms with van der Waals surface area (Å²) >= 11 is 6.89. The Bertz CT molecular complexity index is 1300. The summed E-state index contributed by atoms with van der Waals surface area (Å²) in [4.78, 5) is 30.3. The first-order chi connectivity index (χ1) is 16.8. The van der Waals surface area contributed by atoms with Crippen LogP contribution in [-0.4, -0.2) is 69.7 Å². The third kappa shape index (κ3) is 4.71. The molecule has 180 valence electrons. The first-order valence-electron chi connectivity index (χ1n) is 11.6. The number of amides is 1. The molecule has 2 aromatic heterocycles. The number of alkyl halides is 1. The van der Waals surface area contributed by atoms with Gasteiger partial charge in [-0.25, -0.2) is 4.98 Å². The summed E-state index contributed by atoms with van der Waals surface area (Å²) in [7, 11) is 0. The second-order valence-electron chi connectivity index (χ2n) is 9.16. The fraction of sp³-hybridized carbons (Fsp3) is 0.346. The second kappa shape index (κ2) is 9.26. The lowest BCUT2D eigenvalue weighted by molar-refractivity contribution is 0.0736. The normalized spacial score (nSPS) is 20.2. The number of benzene rings is 1. The number of piperazine rings is 1. The first kappa shape index (κ1) is 23.2. The molecule has 5 rings (SSSR count). The first-order valence-corrected chi connectivity index (χ1v) is 12.0. The van der Waals surface area contributed by atoms with Crippen molar-refractivity contribution < 1.29 is 9.32 Å². The maximum Gasteiger partial charge on any atom is 0.276 e. The Morgan fingerprint density at radius 1 is 1.09 bits per heavy atom. The fourth-order valence-electron chi connectivity index (χ4n) is 4.35. The van der Waals surface area contributed by atoms with Crippen LogP contribution < -0.4 is 4.90 Å². The molecule has 2 aliphatic heterocycles. The van der Waals surface area contributed by atoms with Crippen LogP contribution in [0, 0.1) is 13.8 Å². The highest BCUT2D eigenvalue weighted by Gasteiger charge is 2.33. The summed E-state index contributed by atoms with van der Waals surface area (Å²) in [6, 6.07) is 9.92. The van der Waals surface area contributed by atoms with Crippen LogP contribution in [0.5, 0.6) is 0 Å². The number of aliphatic imine (C=N–C) groups is 1. The number of hydrogen-bond acceptors (Lipinski definition) is 7. The molecule has 0 N–H and O–H groups in total. The third-order valence-electron chi connectivity index (χ3n) is 6.37. The number of aromatic nitrogens is 3. The van der Waals surface area contributed by atoms with Crippen LogP contribution in [0.2, 0.25) is 0 Å². The van der Waals surface area contributed by atoms with Crippen LogP contribution in [0.25, 0.3) is 16.8 Å². The van der Waals surface area contributed by atoms with Crippen molar-refractivity contribution in [2.75, 3.05) is 37.6 Å². The number of carbonyl (C=O) groups is 1. The number of hydrogen-bond donors (Lipinski definition) is 0. The van der Waals surface area contributed by atoms with E-state index in [0.717, 1.165) is 28.3 Å². The van der Waals surface area contributed by atoms with Gasteiger partial charge in [0.1, 0.15) is 11.6 Å². The molecule has 3 aromatic rings. The molecule has 1 unspecified atom stereocenters. The van der Waals surface area contributed by atoms with E-state index in [1.165, 1.54) is 5.56 Å². The Morgan fingerprint density at radius 2 is 1.83 bits per heavy atom. The van der Waals surface area contributed by atoms with Gasteiger partial charge in [-0.2, -0.15) is 0 Å². The van der Waals surface area contributed by atoms with Crippen molar-refractivity contribution in [3.05, 3.63) is 65.3 Å². The van der Waals surface area contributed by atoms with Gasteiger partial charge in [-0.05, 0) is 26.8 Å². The van der Waals surface area contributed by atoms with Crippen LogP contribution in [0.15, 0.2) is 52.1 Å². The van der Waals surface area contributed by atoms with Gasteiger partial charge in [0.05, 0.1) is 29.0 Å². The average molecular weight is 491 g/mol. The maximum atomic E-state index is 12.7. The highest BCUT2D eigenvalue weighted by molar-refractivity contribution is 6.31. The number of carbonyl (C=O) groups excluding carboxylic acids is 1. The summed E-state index contributed by atoms with van der Waals surface area (Å²) in [5.74, 6) is 1.26. The quantitative estimate of drug-likeness (QED) is 0.510. The van der Waals surface area contributed by atoms with Gasteiger partial charge >= 0.3 is 0 Å². The summed E-state index contributed by atoms with van der Waals surface area (Å²) < 4.78 is 5.06. The molecule has 2 aliphatic rings. The minimum Gasteiger partial charge on any atom is -0.361 e. The largest absolute Gasteiger partial charge is 0.361 e. The van der Waals surface area contributed by atoms with E-state index < -0.39 is 4.87 Å². The molecule has 0 bridgehead atoms. The predicted octanol–water partition coefficient (Wildman–Crippen LogP) is 4.18. The van der Waals surface area contributed by atoms with E-state index in [9.17, 15) is 4.79 Å². The molecule has 0 aliphatic carbocycles. The molecule has 9 heteroatoms. The minimum atomic E-state index is -0.678. The number of dihydropyridines is 1. The van der Waals surface area contributed by atoms with Crippen LogP contribution in [0.3, 0.4) is 0 Å². The van der Waals surface area contributed by atoms with Crippen molar-refractivity contribution in [3.63, 3.8) is 0 Å². The van der Waals surface area contributed by atoms with E-state index in [1.807, 2.05) is 13.0 Å². The zero-order valence-corrected chi connectivity index (χ0v) is 20.8. The Labute approximate surface area is 209 Å². The Balaban J connectivity index is 1.44. The van der Waals surface area contributed by atoms with Gasteiger partial charge in [-0.3, -0.25) is 14.8 Å². The Morgan fingerprint density at radius 3 is 2.49 bits per heavy atom. The minimum absolute atomic E-state index is 0.118. The molecule has 0 radical (unpaired) electrons. The zero-order chi connectivity index (χ0) is 24.6. The second-order valence-corrected chi connectivity index (χ2v) is 10.00.